The number of aromatic nitrogens is 5. The summed E-state index contributed by atoms with van der Waals surface area (Å²) in [5, 5.41) is 8.09. The Kier molecular flexibility index (Phi) is 3.68. The van der Waals surface area contributed by atoms with Crippen molar-refractivity contribution in [3.8, 4) is 17.3 Å². The van der Waals surface area contributed by atoms with Gasteiger partial charge in [0.15, 0.2) is 0 Å². The van der Waals surface area contributed by atoms with Crippen molar-refractivity contribution in [2.45, 2.75) is 5.92 Å². The molecule has 4 rings (SSSR count). The summed E-state index contributed by atoms with van der Waals surface area (Å²) in [6.07, 6.45) is 5.02. The molecule has 128 valence electrons. The number of hydrogen-bond donors (Lipinski definition) is 0. The van der Waals surface area contributed by atoms with Crippen LogP contribution in [-0.4, -0.2) is 55.9 Å². The molecule has 4 heterocycles. The van der Waals surface area contributed by atoms with Crippen LogP contribution in [0.5, 0.6) is 5.88 Å². The van der Waals surface area contributed by atoms with Crippen LogP contribution in [0.4, 0.5) is 0 Å². The van der Waals surface area contributed by atoms with E-state index in [1.165, 1.54) is 7.11 Å². The fourth-order valence-corrected chi connectivity index (χ4v) is 2.75. The molecule has 0 N–H and O–H groups in total. The molecule has 0 aromatic carbocycles. The number of carbonyl (C=O) groups excluding carboxylic acids is 1. The lowest BCUT2D eigenvalue weighted by Gasteiger charge is -2.36. The maximum atomic E-state index is 12.5. The highest BCUT2D eigenvalue weighted by molar-refractivity contribution is 5.96. The molecule has 9 nitrogen and oxygen atoms in total. The van der Waals surface area contributed by atoms with E-state index in [2.05, 4.69) is 20.2 Å². The third kappa shape index (κ3) is 2.73. The molecular weight excluding hydrogens is 324 g/mol. The molecule has 0 saturated carbocycles. The Morgan fingerprint density at radius 2 is 2.24 bits per heavy atom. The fourth-order valence-electron chi connectivity index (χ4n) is 2.75. The minimum absolute atomic E-state index is 0.0320. The van der Waals surface area contributed by atoms with Gasteiger partial charge in [-0.15, -0.1) is 5.10 Å². The largest absolute Gasteiger partial charge is 0.479 e. The first-order chi connectivity index (χ1) is 12.2. The van der Waals surface area contributed by atoms with E-state index in [0.717, 1.165) is 5.56 Å². The number of likely N-dealkylation sites (tertiary alicyclic amines) is 1. The van der Waals surface area contributed by atoms with E-state index in [0.29, 0.717) is 36.2 Å². The van der Waals surface area contributed by atoms with Gasteiger partial charge in [0.1, 0.15) is 5.56 Å². The number of carbonyl (C=O) groups is 1. The van der Waals surface area contributed by atoms with Crippen molar-refractivity contribution < 1.29 is 14.1 Å². The van der Waals surface area contributed by atoms with Crippen LogP contribution in [-0.2, 0) is 7.05 Å². The zero-order chi connectivity index (χ0) is 17.4. The summed E-state index contributed by atoms with van der Waals surface area (Å²) in [4.78, 5) is 22.7. The van der Waals surface area contributed by atoms with Gasteiger partial charge in [-0.1, -0.05) is 5.16 Å². The summed E-state index contributed by atoms with van der Waals surface area (Å²) < 4.78 is 12.0. The second kappa shape index (κ2) is 6.00. The maximum absolute atomic E-state index is 12.5. The Morgan fingerprint density at radius 3 is 2.96 bits per heavy atom. The second-order valence-electron chi connectivity index (χ2n) is 5.83. The number of pyridine rings is 1. The van der Waals surface area contributed by atoms with Crippen LogP contribution in [0.1, 0.15) is 22.2 Å². The minimum Gasteiger partial charge on any atom is -0.479 e. The zero-order valence-corrected chi connectivity index (χ0v) is 13.8. The molecular formula is C16H16N6O3. The summed E-state index contributed by atoms with van der Waals surface area (Å²) >= 11 is 0. The highest BCUT2D eigenvalue weighted by Gasteiger charge is 2.37. The molecule has 0 unspecified atom stereocenters. The number of methoxy groups -OCH3 is 1. The van der Waals surface area contributed by atoms with Crippen molar-refractivity contribution >= 4 is 5.91 Å². The SMILES string of the molecule is COc1nn(C)cc1C(=O)N1CC(c2nc(-c3cccnc3)no2)C1. The van der Waals surface area contributed by atoms with Crippen LogP contribution in [0, 0.1) is 0 Å². The van der Waals surface area contributed by atoms with E-state index in [9.17, 15) is 4.79 Å². The van der Waals surface area contributed by atoms with E-state index in [-0.39, 0.29) is 11.8 Å². The molecule has 0 bridgehead atoms. The lowest BCUT2D eigenvalue weighted by atomic mass is 9.99. The predicted molar refractivity (Wildman–Crippen MR) is 85.9 cm³/mol. The smallest absolute Gasteiger partial charge is 0.261 e. The summed E-state index contributed by atoms with van der Waals surface area (Å²) in [5.74, 6) is 1.27. The number of amides is 1. The van der Waals surface area contributed by atoms with Crippen LogP contribution in [0.3, 0.4) is 0 Å². The van der Waals surface area contributed by atoms with Crippen molar-refractivity contribution in [1.82, 2.24) is 29.8 Å². The Morgan fingerprint density at radius 1 is 1.40 bits per heavy atom. The van der Waals surface area contributed by atoms with Crippen LogP contribution < -0.4 is 4.74 Å². The van der Waals surface area contributed by atoms with Gasteiger partial charge in [0, 0.05) is 44.3 Å². The van der Waals surface area contributed by atoms with Gasteiger partial charge in [-0.3, -0.25) is 14.5 Å². The highest BCUT2D eigenvalue weighted by Crippen LogP contribution is 2.30. The number of aryl methyl sites for hydroxylation is 1. The molecule has 1 aliphatic rings. The van der Waals surface area contributed by atoms with Crippen LogP contribution in [0.15, 0.2) is 35.2 Å². The molecule has 0 atom stereocenters. The van der Waals surface area contributed by atoms with E-state index in [1.54, 1.807) is 35.2 Å². The third-order valence-electron chi connectivity index (χ3n) is 4.10. The van der Waals surface area contributed by atoms with E-state index in [1.807, 2.05) is 12.1 Å². The third-order valence-corrected chi connectivity index (χ3v) is 4.10. The van der Waals surface area contributed by atoms with Crippen molar-refractivity contribution in [1.29, 1.82) is 0 Å². The van der Waals surface area contributed by atoms with Crippen molar-refractivity contribution in [3.05, 3.63) is 42.2 Å². The number of rotatable bonds is 4. The summed E-state index contributed by atoms with van der Waals surface area (Å²) in [5.41, 5.74) is 1.25. The van der Waals surface area contributed by atoms with Gasteiger partial charge in [-0.2, -0.15) is 4.98 Å². The van der Waals surface area contributed by atoms with Gasteiger partial charge in [-0.05, 0) is 12.1 Å². The van der Waals surface area contributed by atoms with Crippen LogP contribution in [0.25, 0.3) is 11.4 Å². The lowest BCUT2D eigenvalue weighted by Crippen LogP contribution is -2.48. The molecule has 25 heavy (non-hydrogen) atoms. The molecule has 1 amide bonds. The van der Waals surface area contributed by atoms with Gasteiger partial charge in [0.05, 0.1) is 13.0 Å². The first kappa shape index (κ1) is 15.3. The Bertz CT molecular complexity index is 898. The van der Waals surface area contributed by atoms with E-state index in [4.69, 9.17) is 9.26 Å². The first-order valence-corrected chi connectivity index (χ1v) is 7.76. The monoisotopic (exact) mass is 340 g/mol. The summed E-state index contributed by atoms with van der Waals surface area (Å²) in [7, 11) is 3.24. The van der Waals surface area contributed by atoms with Crippen molar-refractivity contribution in [2.24, 2.45) is 7.05 Å². The first-order valence-electron chi connectivity index (χ1n) is 7.76. The molecule has 9 heteroatoms. The Labute approximate surface area is 143 Å². The maximum Gasteiger partial charge on any atom is 0.261 e. The molecule has 1 saturated heterocycles. The molecule has 0 aliphatic carbocycles. The van der Waals surface area contributed by atoms with Crippen LogP contribution >= 0.6 is 0 Å². The fraction of sp³-hybridized carbons (Fsp3) is 0.312. The lowest BCUT2D eigenvalue weighted by molar-refractivity contribution is 0.0566. The second-order valence-corrected chi connectivity index (χ2v) is 5.83. The van der Waals surface area contributed by atoms with Gasteiger partial charge in [0.25, 0.3) is 5.91 Å². The molecule has 3 aromatic heterocycles. The average Bonchev–Trinajstić information content (AvgIpc) is 3.21. The Balaban J connectivity index is 1.44. The van der Waals surface area contributed by atoms with Crippen molar-refractivity contribution in [2.75, 3.05) is 20.2 Å². The van der Waals surface area contributed by atoms with Crippen LogP contribution in [0.2, 0.25) is 0 Å². The van der Waals surface area contributed by atoms with E-state index < -0.39 is 0 Å². The average molecular weight is 340 g/mol. The molecule has 3 aromatic rings. The number of hydrogen-bond acceptors (Lipinski definition) is 7. The van der Waals surface area contributed by atoms with E-state index >= 15 is 0 Å². The zero-order valence-electron chi connectivity index (χ0n) is 13.8. The van der Waals surface area contributed by atoms with Gasteiger partial charge >= 0.3 is 0 Å². The molecule has 1 aliphatic heterocycles. The minimum atomic E-state index is -0.117. The summed E-state index contributed by atoms with van der Waals surface area (Å²) in [6.45, 7) is 1.04. The highest BCUT2D eigenvalue weighted by atomic mass is 16.5. The molecule has 0 radical (unpaired) electrons. The number of nitrogens with zero attached hydrogens (tertiary/aromatic N) is 6. The van der Waals surface area contributed by atoms with Crippen molar-refractivity contribution in [3.63, 3.8) is 0 Å². The van der Waals surface area contributed by atoms with Gasteiger partial charge in [-0.25, -0.2) is 0 Å². The normalized spacial score (nSPS) is 14.4. The Hall–Kier alpha value is -3.23. The predicted octanol–water partition coefficient (Wildman–Crippen LogP) is 1.11. The van der Waals surface area contributed by atoms with Gasteiger partial charge < -0.3 is 14.2 Å². The van der Waals surface area contributed by atoms with Gasteiger partial charge in [0.2, 0.25) is 17.6 Å². The quantitative estimate of drug-likeness (QED) is 0.701. The molecule has 1 fully saturated rings. The summed E-state index contributed by atoms with van der Waals surface area (Å²) in [6, 6.07) is 3.68. The molecule has 0 spiro atoms. The standard InChI is InChI=1S/C16H16N6O3/c1-21-9-12(15(19-21)24-2)16(23)22-7-11(8-22)14-18-13(20-25-14)10-4-3-5-17-6-10/h3-6,9,11H,7-8H2,1-2H3. The topological polar surface area (TPSA) is 99.2 Å². The number of ether oxygens (including phenoxy) is 1.